The zero-order valence-electron chi connectivity index (χ0n) is 11.7. The van der Waals surface area contributed by atoms with Gasteiger partial charge in [-0.15, -0.1) is 16.4 Å². The first-order valence-electron chi connectivity index (χ1n) is 6.78. The number of nitrogens with one attached hydrogen (secondary N) is 1. The van der Waals surface area contributed by atoms with E-state index in [0.717, 1.165) is 4.88 Å². The van der Waals surface area contributed by atoms with Gasteiger partial charge in [0.1, 0.15) is 0 Å². The van der Waals surface area contributed by atoms with Crippen molar-refractivity contribution in [3.63, 3.8) is 0 Å². The number of aromatic nitrogens is 3. The van der Waals surface area contributed by atoms with Gasteiger partial charge in [-0.25, -0.2) is 4.98 Å². The molecular formula is C15H10N4O2S2. The molecule has 0 saturated carbocycles. The number of hydrogen-bond donors (Lipinski definition) is 1. The number of hydrogen-bond acceptors (Lipinski definition) is 6. The molecule has 0 spiro atoms. The average Bonchev–Trinajstić information content (AvgIpc) is 3.29. The van der Waals surface area contributed by atoms with Crippen LogP contribution in [-0.4, -0.2) is 37.8 Å². The molecule has 2 amide bonds. The van der Waals surface area contributed by atoms with Gasteiger partial charge in [0, 0.05) is 0 Å². The predicted molar refractivity (Wildman–Crippen MR) is 87.4 cm³/mol. The normalized spacial score (nSPS) is 13.7. The van der Waals surface area contributed by atoms with E-state index in [4.69, 9.17) is 0 Å². The molecular weight excluding hydrogens is 332 g/mol. The van der Waals surface area contributed by atoms with Crippen molar-refractivity contribution in [2.24, 2.45) is 0 Å². The van der Waals surface area contributed by atoms with E-state index in [0.29, 0.717) is 22.1 Å². The third-order valence-electron chi connectivity index (χ3n) is 3.42. The van der Waals surface area contributed by atoms with E-state index < -0.39 is 0 Å². The number of nitrogens with zero attached hydrogens (tertiary/aromatic N) is 3. The lowest BCUT2D eigenvalue weighted by atomic mass is 10.1. The Hall–Kier alpha value is -2.45. The summed E-state index contributed by atoms with van der Waals surface area (Å²) in [6.07, 6.45) is 0. The molecule has 0 fully saturated rings. The van der Waals surface area contributed by atoms with Crippen LogP contribution in [0, 0.1) is 0 Å². The molecule has 23 heavy (non-hydrogen) atoms. The van der Waals surface area contributed by atoms with Crippen LogP contribution in [0.1, 0.15) is 20.7 Å². The second-order valence-corrected chi connectivity index (χ2v) is 6.66. The Bertz CT molecular complexity index is 854. The topological polar surface area (TPSA) is 79.0 Å². The molecule has 0 unspecified atom stereocenters. The molecule has 1 aromatic carbocycles. The summed E-state index contributed by atoms with van der Waals surface area (Å²) in [7, 11) is 0. The third-order valence-corrected chi connectivity index (χ3v) is 5.13. The maximum Gasteiger partial charge on any atom is 0.262 e. The van der Waals surface area contributed by atoms with Gasteiger partial charge in [0.05, 0.1) is 21.9 Å². The fourth-order valence-corrected chi connectivity index (χ4v) is 3.72. The van der Waals surface area contributed by atoms with Crippen molar-refractivity contribution < 1.29 is 9.59 Å². The minimum absolute atomic E-state index is 0.189. The number of benzene rings is 1. The molecule has 0 bridgehead atoms. The molecule has 114 valence electrons. The van der Waals surface area contributed by atoms with E-state index in [1.807, 2.05) is 17.5 Å². The second kappa shape index (κ2) is 5.64. The summed E-state index contributed by atoms with van der Waals surface area (Å²) in [4.78, 5) is 31.1. The molecule has 0 radical (unpaired) electrons. The highest BCUT2D eigenvalue weighted by molar-refractivity contribution is 7.99. The van der Waals surface area contributed by atoms with Crippen molar-refractivity contribution in [1.82, 2.24) is 20.1 Å². The van der Waals surface area contributed by atoms with Crippen LogP contribution in [0.5, 0.6) is 0 Å². The van der Waals surface area contributed by atoms with E-state index in [9.17, 15) is 9.59 Å². The lowest BCUT2D eigenvalue weighted by molar-refractivity contribution is 0.0684. The fraction of sp³-hybridized carbons (Fsp3) is 0.0667. The number of amides is 2. The summed E-state index contributed by atoms with van der Waals surface area (Å²) in [5.74, 6) is 0.331. The molecule has 8 heteroatoms. The van der Waals surface area contributed by atoms with E-state index in [-0.39, 0.29) is 17.7 Å². The Labute approximate surface area is 139 Å². The summed E-state index contributed by atoms with van der Waals surface area (Å²) in [6, 6.07) is 10.7. The van der Waals surface area contributed by atoms with E-state index in [1.54, 1.807) is 35.6 Å². The van der Waals surface area contributed by atoms with Crippen LogP contribution in [-0.2, 0) is 0 Å². The Balaban J connectivity index is 1.48. The Morgan fingerprint density at radius 1 is 1.09 bits per heavy atom. The number of imide groups is 1. The van der Waals surface area contributed by atoms with Crippen LogP contribution in [0.4, 0.5) is 0 Å². The molecule has 1 N–H and O–H groups in total. The number of thiophene rings is 1. The number of carbonyl (C=O) groups is 2. The zero-order chi connectivity index (χ0) is 15.8. The standard InChI is InChI=1S/C15H10N4O2S2/c20-13-9-4-1-2-5-10(9)14(21)19(13)8-23-15-16-12(17-18-15)11-6-3-7-22-11/h1-7H,8H2,(H,16,17,18). The molecule has 1 aliphatic heterocycles. The molecule has 4 rings (SSSR count). The average molecular weight is 342 g/mol. The van der Waals surface area contributed by atoms with Gasteiger partial charge in [0.15, 0.2) is 5.82 Å². The highest BCUT2D eigenvalue weighted by Gasteiger charge is 2.35. The second-order valence-electron chi connectivity index (χ2n) is 4.80. The van der Waals surface area contributed by atoms with Crippen LogP contribution in [0.3, 0.4) is 0 Å². The lowest BCUT2D eigenvalue weighted by Crippen LogP contribution is -2.29. The first-order valence-corrected chi connectivity index (χ1v) is 8.65. The van der Waals surface area contributed by atoms with Crippen LogP contribution < -0.4 is 0 Å². The van der Waals surface area contributed by atoms with Crippen molar-refractivity contribution in [2.75, 3.05) is 5.88 Å². The SMILES string of the molecule is O=C1c2ccccc2C(=O)N1CSc1n[nH]c(-c2cccs2)n1. The molecule has 3 aromatic rings. The molecule has 6 nitrogen and oxygen atoms in total. The third kappa shape index (κ3) is 2.45. The highest BCUT2D eigenvalue weighted by atomic mass is 32.2. The minimum Gasteiger partial charge on any atom is -0.269 e. The van der Waals surface area contributed by atoms with Gasteiger partial charge in [-0.3, -0.25) is 19.6 Å². The molecule has 3 heterocycles. The van der Waals surface area contributed by atoms with Crippen LogP contribution in [0.15, 0.2) is 46.9 Å². The van der Waals surface area contributed by atoms with Gasteiger partial charge in [-0.1, -0.05) is 30.0 Å². The van der Waals surface area contributed by atoms with Crippen LogP contribution in [0.25, 0.3) is 10.7 Å². The summed E-state index contributed by atoms with van der Waals surface area (Å²) in [5, 5.41) is 9.45. The predicted octanol–water partition coefficient (Wildman–Crippen LogP) is 2.88. The first kappa shape index (κ1) is 14.2. The highest BCUT2D eigenvalue weighted by Crippen LogP contribution is 2.27. The molecule has 1 aliphatic rings. The van der Waals surface area contributed by atoms with Crippen molar-refractivity contribution in [3.05, 3.63) is 52.9 Å². The largest absolute Gasteiger partial charge is 0.269 e. The van der Waals surface area contributed by atoms with Crippen LogP contribution >= 0.6 is 23.1 Å². The molecule has 0 atom stereocenters. The van der Waals surface area contributed by atoms with E-state index in [2.05, 4.69) is 15.2 Å². The number of H-pyrrole nitrogens is 1. The maximum absolute atomic E-state index is 12.3. The summed E-state index contributed by atoms with van der Waals surface area (Å²) in [5.41, 5.74) is 0.903. The Morgan fingerprint density at radius 2 is 1.83 bits per heavy atom. The quantitative estimate of drug-likeness (QED) is 0.582. The van der Waals surface area contributed by atoms with Gasteiger partial charge in [-0.05, 0) is 23.6 Å². The number of fused-ring (bicyclic) bond motifs is 1. The lowest BCUT2D eigenvalue weighted by Gasteiger charge is -2.11. The van der Waals surface area contributed by atoms with Gasteiger partial charge in [0.25, 0.3) is 11.8 Å². The molecule has 2 aromatic heterocycles. The van der Waals surface area contributed by atoms with Crippen molar-refractivity contribution >= 4 is 34.9 Å². The van der Waals surface area contributed by atoms with Gasteiger partial charge in [-0.2, -0.15) is 0 Å². The molecule has 0 saturated heterocycles. The van der Waals surface area contributed by atoms with Crippen LogP contribution in [0.2, 0.25) is 0 Å². The van der Waals surface area contributed by atoms with Gasteiger partial charge in [0.2, 0.25) is 5.16 Å². The first-order chi connectivity index (χ1) is 11.2. The zero-order valence-corrected chi connectivity index (χ0v) is 13.4. The smallest absolute Gasteiger partial charge is 0.262 e. The van der Waals surface area contributed by atoms with Crippen molar-refractivity contribution in [2.45, 2.75) is 5.16 Å². The maximum atomic E-state index is 12.3. The number of aromatic amines is 1. The Morgan fingerprint density at radius 3 is 2.48 bits per heavy atom. The summed E-state index contributed by atoms with van der Waals surface area (Å²) in [6.45, 7) is 0. The summed E-state index contributed by atoms with van der Waals surface area (Å²) >= 11 is 2.81. The van der Waals surface area contributed by atoms with Gasteiger partial charge < -0.3 is 0 Å². The Kier molecular flexibility index (Phi) is 3.47. The van der Waals surface area contributed by atoms with Gasteiger partial charge >= 0.3 is 0 Å². The number of carbonyl (C=O) groups excluding carboxylic acids is 2. The van der Waals surface area contributed by atoms with Crippen molar-refractivity contribution in [1.29, 1.82) is 0 Å². The molecule has 0 aliphatic carbocycles. The van der Waals surface area contributed by atoms with Crippen molar-refractivity contribution in [3.8, 4) is 10.7 Å². The minimum atomic E-state index is -0.271. The number of rotatable bonds is 4. The monoisotopic (exact) mass is 342 g/mol. The van der Waals surface area contributed by atoms with E-state index in [1.165, 1.54) is 16.7 Å². The summed E-state index contributed by atoms with van der Waals surface area (Å²) < 4.78 is 0. The number of thioether (sulfide) groups is 1. The van der Waals surface area contributed by atoms with E-state index >= 15 is 0 Å². The fourth-order valence-electron chi connectivity index (χ4n) is 2.31.